The maximum Gasteiger partial charge on any atom is 0.407 e. The molecule has 3 aromatic carbocycles. The first-order valence-electron chi connectivity index (χ1n) is 19.6. The summed E-state index contributed by atoms with van der Waals surface area (Å²) in [4.78, 5) is 45.9. The molecular weight excluding hydrogens is 779 g/mol. The van der Waals surface area contributed by atoms with Crippen molar-refractivity contribution in [1.82, 2.24) is 25.2 Å². The Morgan fingerprint density at radius 3 is 2.66 bits per heavy atom. The third kappa shape index (κ3) is 6.72. The lowest BCUT2D eigenvalue weighted by Gasteiger charge is -2.41. The first kappa shape index (κ1) is 36.7. The zero-order valence-corrected chi connectivity index (χ0v) is 33.2. The maximum atomic E-state index is 17.6. The van der Waals surface area contributed by atoms with Crippen LogP contribution < -0.4 is 19.7 Å². The first-order valence-corrected chi connectivity index (χ1v) is 20.4. The summed E-state index contributed by atoms with van der Waals surface area (Å²) >= 11 is 3.50. The van der Waals surface area contributed by atoms with Crippen LogP contribution in [0.3, 0.4) is 0 Å². The number of anilines is 1. The van der Waals surface area contributed by atoms with E-state index in [4.69, 9.17) is 29.2 Å². The molecule has 1 N–H and O–H groups in total. The molecule has 5 aliphatic heterocycles. The number of carbonyl (C=O) groups excluding carboxylic acids is 2. The van der Waals surface area contributed by atoms with Gasteiger partial charge in [-0.05, 0) is 134 Å². The number of fused-ring (bicyclic) bond motifs is 7. The third-order valence-electron chi connectivity index (χ3n) is 12.1. The highest BCUT2D eigenvalue weighted by atomic mass is 79.9. The standard InChI is InChI=1S/C43H44BrFN6O5/c1-26-9-3-13-32(44)33(26)39(52)56-29-21-28-11-4-10-27-12-5-20-54-41(53)49-42(2)14-6-17-50(24-42)38-31-23-46-36(30(22-29)34(27)28)35(45)37(31)47-40(48-38)55-25-43-15-7-18-51(43)19-8-16-43/h3-4,9-11,13,21-23H,5-8,12,14-20,24-25H2,1-2H3,(H,49,53). The van der Waals surface area contributed by atoms with Crippen molar-refractivity contribution in [3.63, 3.8) is 0 Å². The van der Waals surface area contributed by atoms with E-state index in [9.17, 15) is 9.59 Å². The number of esters is 1. The molecule has 7 heterocycles. The Morgan fingerprint density at radius 1 is 1.04 bits per heavy atom. The maximum absolute atomic E-state index is 17.6. The van der Waals surface area contributed by atoms with Gasteiger partial charge in [0.05, 0.1) is 28.6 Å². The van der Waals surface area contributed by atoms with Gasteiger partial charge in [0.2, 0.25) is 0 Å². The fourth-order valence-corrected chi connectivity index (χ4v) is 10.0. The lowest BCUT2D eigenvalue weighted by molar-refractivity contribution is 0.0733. The SMILES string of the molecule is Cc1cccc(Br)c1C(=O)Oc1cc2c3c(cccc3c1)CCCOC(=O)NC1(C)CCCN(C1)c1nc(OCC34CCCN3CCC4)nc3c(F)c-2ncc13. The molecule has 11 nitrogen and oxygen atoms in total. The number of amides is 1. The molecule has 3 saturated heterocycles. The van der Waals surface area contributed by atoms with Crippen molar-refractivity contribution in [2.45, 2.75) is 76.3 Å². The highest BCUT2D eigenvalue weighted by molar-refractivity contribution is 9.10. The van der Waals surface area contributed by atoms with Gasteiger partial charge in [-0.3, -0.25) is 9.88 Å². The number of piperidine rings is 1. The number of aryl methyl sites for hydroxylation is 2. The monoisotopic (exact) mass is 822 g/mol. The van der Waals surface area contributed by atoms with Gasteiger partial charge in [0.25, 0.3) is 0 Å². The molecule has 3 fully saturated rings. The number of benzene rings is 3. The predicted molar refractivity (Wildman–Crippen MR) is 215 cm³/mol. The van der Waals surface area contributed by atoms with Gasteiger partial charge in [0.1, 0.15) is 29.4 Å². The summed E-state index contributed by atoms with van der Waals surface area (Å²) in [6.07, 6.45) is 8.05. The summed E-state index contributed by atoms with van der Waals surface area (Å²) in [7, 11) is 0. The summed E-state index contributed by atoms with van der Waals surface area (Å²) < 4.78 is 36.4. The van der Waals surface area contributed by atoms with Crippen LogP contribution in [0.4, 0.5) is 15.0 Å². The van der Waals surface area contributed by atoms with Crippen LogP contribution in [0, 0.1) is 12.7 Å². The molecule has 5 aliphatic rings. The van der Waals surface area contributed by atoms with Gasteiger partial charge in [0, 0.05) is 29.3 Å². The van der Waals surface area contributed by atoms with Gasteiger partial charge in [-0.15, -0.1) is 0 Å². The lowest BCUT2D eigenvalue weighted by Crippen LogP contribution is -2.57. The van der Waals surface area contributed by atoms with E-state index in [1.165, 1.54) is 0 Å². The number of hydrogen-bond acceptors (Lipinski definition) is 10. The molecule has 0 aliphatic carbocycles. The van der Waals surface area contributed by atoms with Crippen LogP contribution in [0.25, 0.3) is 32.9 Å². The van der Waals surface area contributed by atoms with Crippen LogP contribution in [0.2, 0.25) is 0 Å². The van der Waals surface area contributed by atoms with E-state index in [1.807, 2.05) is 44.2 Å². The van der Waals surface area contributed by atoms with E-state index in [-0.39, 0.29) is 35.1 Å². The molecule has 5 aromatic rings. The number of nitrogens with one attached hydrogen (secondary N) is 1. The van der Waals surface area contributed by atoms with E-state index < -0.39 is 23.4 Å². The van der Waals surface area contributed by atoms with Crippen LogP contribution in [0.15, 0.2) is 59.2 Å². The van der Waals surface area contributed by atoms with Crippen molar-refractivity contribution >= 4 is 55.5 Å². The number of halogens is 2. The molecule has 1 amide bonds. The van der Waals surface area contributed by atoms with E-state index in [1.54, 1.807) is 24.4 Å². The van der Waals surface area contributed by atoms with Gasteiger partial charge in [-0.1, -0.05) is 30.3 Å². The van der Waals surface area contributed by atoms with Crippen LogP contribution in [0.5, 0.6) is 11.8 Å². The van der Waals surface area contributed by atoms with Crippen molar-refractivity contribution in [2.24, 2.45) is 0 Å². The van der Waals surface area contributed by atoms with Gasteiger partial charge < -0.3 is 24.4 Å². The number of pyridine rings is 1. The Balaban J connectivity index is 1.21. The van der Waals surface area contributed by atoms with Gasteiger partial charge in [-0.2, -0.15) is 9.97 Å². The van der Waals surface area contributed by atoms with Crippen molar-refractivity contribution in [2.75, 3.05) is 44.3 Å². The number of aromatic nitrogens is 3. The van der Waals surface area contributed by atoms with Crippen molar-refractivity contribution in [1.29, 1.82) is 0 Å². The minimum atomic E-state index is -0.625. The number of hydrogen-bond donors (Lipinski definition) is 1. The molecule has 0 saturated carbocycles. The van der Waals surface area contributed by atoms with Crippen LogP contribution in [-0.4, -0.2) is 82.4 Å². The molecule has 1 unspecified atom stereocenters. The molecule has 56 heavy (non-hydrogen) atoms. The molecule has 290 valence electrons. The molecule has 1 atom stereocenters. The molecule has 2 aromatic heterocycles. The summed E-state index contributed by atoms with van der Waals surface area (Å²) in [5, 5.41) is 5.04. The average molecular weight is 824 g/mol. The van der Waals surface area contributed by atoms with E-state index >= 15 is 4.39 Å². The Bertz CT molecular complexity index is 2360. The van der Waals surface area contributed by atoms with Gasteiger partial charge >= 0.3 is 18.1 Å². The summed E-state index contributed by atoms with van der Waals surface area (Å²) in [6, 6.07) is 14.9. The minimum absolute atomic E-state index is 0.0674. The van der Waals surface area contributed by atoms with Crippen molar-refractivity contribution in [3.05, 3.63) is 81.7 Å². The van der Waals surface area contributed by atoms with Gasteiger partial charge in [-0.25, -0.2) is 14.0 Å². The predicted octanol–water partition coefficient (Wildman–Crippen LogP) is 8.31. The van der Waals surface area contributed by atoms with E-state index in [0.29, 0.717) is 59.3 Å². The second-order valence-electron chi connectivity index (χ2n) is 16.0. The largest absolute Gasteiger partial charge is 0.461 e. The molecule has 6 bridgehead atoms. The van der Waals surface area contributed by atoms with Crippen LogP contribution in [-0.2, 0) is 11.2 Å². The molecular formula is C43H44BrFN6O5. The first-order chi connectivity index (χ1) is 27.1. The quantitative estimate of drug-likeness (QED) is 0.137. The smallest absolute Gasteiger partial charge is 0.407 e. The van der Waals surface area contributed by atoms with Crippen LogP contribution in [0.1, 0.15) is 73.4 Å². The average Bonchev–Trinajstić information content (AvgIpc) is 3.76. The number of nitrogens with zero attached hydrogens (tertiary/aromatic N) is 5. The molecule has 13 heteroatoms. The normalized spacial score (nSPS) is 20.9. The molecule has 10 rings (SSSR count). The molecule has 0 radical (unpaired) electrons. The fourth-order valence-electron chi connectivity index (χ4n) is 9.39. The number of carbonyl (C=O) groups is 2. The zero-order chi connectivity index (χ0) is 38.6. The highest BCUT2D eigenvalue weighted by Crippen LogP contribution is 2.42. The topological polar surface area (TPSA) is 119 Å². The van der Waals surface area contributed by atoms with E-state index in [0.717, 1.165) is 73.5 Å². The van der Waals surface area contributed by atoms with Crippen LogP contribution >= 0.6 is 15.9 Å². The Morgan fingerprint density at radius 2 is 1.84 bits per heavy atom. The number of alkyl carbamates (subject to hydrolysis) is 1. The van der Waals surface area contributed by atoms with Crippen molar-refractivity contribution < 1.29 is 28.2 Å². The summed E-state index contributed by atoms with van der Waals surface area (Å²) in [5.74, 6) is -0.425. The summed E-state index contributed by atoms with van der Waals surface area (Å²) in [6.45, 7) is 7.61. The zero-order valence-electron chi connectivity index (χ0n) is 31.6. The fraction of sp³-hybridized carbons (Fsp3) is 0.419. The number of ether oxygens (including phenoxy) is 3. The lowest BCUT2D eigenvalue weighted by atomic mass is 9.91. The van der Waals surface area contributed by atoms with Gasteiger partial charge in [0.15, 0.2) is 5.82 Å². The third-order valence-corrected chi connectivity index (χ3v) is 12.7. The Labute approximate surface area is 333 Å². The Hall–Kier alpha value is -4.88. The Kier molecular flexibility index (Phi) is 9.56. The summed E-state index contributed by atoms with van der Waals surface area (Å²) in [5.41, 5.74) is 1.98. The second-order valence-corrected chi connectivity index (χ2v) is 16.8. The highest BCUT2D eigenvalue weighted by Gasteiger charge is 2.45. The minimum Gasteiger partial charge on any atom is -0.461 e. The molecule has 0 spiro atoms. The van der Waals surface area contributed by atoms with Crippen molar-refractivity contribution in [3.8, 4) is 23.0 Å². The second kappa shape index (κ2) is 14.6. The number of rotatable bonds is 5. The van der Waals surface area contributed by atoms with E-state index in [2.05, 4.69) is 31.0 Å².